The molecule has 0 aromatic carbocycles. The van der Waals surface area contributed by atoms with Crippen LogP contribution in [-0.4, -0.2) is 40.8 Å². The van der Waals surface area contributed by atoms with Gasteiger partial charge < -0.3 is 10.4 Å². The van der Waals surface area contributed by atoms with Crippen molar-refractivity contribution in [3.63, 3.8) is 0 Å². The molecule has 1 aromatic heterocycles. The summed E-state index contributed by atoms with van der Waals surface area (Å²) in [6, 6.07) is 2.41. The van der Waals surface area contributed by atoms with Crippen LogP contribution in [0.15, 0.2) is 23.4 Å². The molecule has 8 heteroatoms. The van der Waals surface area contributed by atoms with Gasteiger partial charge in [-0.2, -0.15) is 0 Å². The second-order valence-corrected chi connectivity index (χ2v) is 4.47. The van der Waals surface area contributed by atoms with Crippen molar-refractivity contribution in [2.75, 3.05) is 12.8 Å². The van der Waals surface area contributed by atoms with Crippen molar-refractivity contribution in [3.8, 4) is 0 Å². The molecule has 0 unspecified atom stereocenters. The number of nitrogens with one attached hydrogen (secondary N) is 2. The zero-order chi connectivity index (χ0) is 14.3. The van der Waals surface area contributed by atoms with Crippen LogP contribution in [0.2, 0.25) is 0 Å². The van der Waals surface area contributed by atoms with E-state index in [-0.39, 0.29) is 12.0 Å². The lowest BCUT2D eigenvalue weighted by Gasteiger charge is -2.05. The molecule has 0 aliphatic rings. The Morgan fingerprint density at radius 2 is 2.16 bits per heavy atom. The summed E-state index contributed by atoms with van der Waals surface area (Å²) in [5.41, 5.74) is 0.0965. The van der Waals surface area contributed by atoms with Gasteiger partial charge in [0.05, 0.1) is 5.56 Å². The Balaban J connectivity index is 2.47. The third-order valence-corrected chi connectivity index (χ3v) is 3.06. The molecule has 19 heavy (non-hydrogen) atoms. The van der Waals surface area contributed by atoms with E-state index in [9.17, 15) is 14.4 Å². The number of rotatable bonds is 5. The number of hydrogen-bond donors (Lipinski definition) is 3. The van der Waals surface area contributed by atoms with Gasteiger partial charge in [0.2, 0.25) is 5.91 Å². The standard InChI is InChI=1S/C11H13N3O4S/c1-12-11(18)14-8(15)4-6-19-9-7(10(16)17)3-2-5-13-9/h2-3,5H,4,6H2,1H3,(H,16,17)(H2,12,14,15,18). The summed E-state index contributed by atoms with van der Waals surface area (Å²) in [7, 11) is 1.41. The van der Waals surface area contributed by atoms with Crippen LogP contribution in [0.4, 0.5) is 4.79 Å². The molecule has 0 radical (unpaired) electrons. The molecule has 0 aliphatic carbocycles. The van der Waals surface area contributed by atoms with Crippen LogP contribution >= 0.6 is 11.8 Å². The van der Waals surface area contributed by atoms with Gasteiger partial charge in [-0.1, -0.05) is 0 Å². The minimum Gasteiger partial charge on any atom is -0.478 e. The van der Waals surface area contributed by atoms with Gasteiger partial charge >= 0.3 is 12.0 Å². The van der Waals surface area contributed by atoms with Crippen LogP contribution in [0.25, 0.3) is 0 Å². The maximum absolute atomic E-state index is 11.3. The number of carboxylic acids is 1. The molecule has 102 valence electrons. The maximum atomic E-state index is 11.3. The monoisotopic (exact) mass is 283 g/mol. The Labute approximate surface area is 113 Å². The second-order valence-electron chi connectivity index (χ2n) is 3.39. The van der Waals surface area contributed by atoms with Crippen LogP contribution in [0.5, 0.6) is 0 Å². The number of carbonyl (C=O) groups excluding carboxylic acids is 2. The van der Waals surface area contributed by atoms with E-state index in [1.54, 1.807) is 0 Å². The number of carbonyl (C=O) groups is 3. The second kappa shape index (κ2) is 7.37. The van der Waals surface area contributed by atoms with Crippen molar-refractivity contribution in [1.82, 2.24) is 15.6 Å². The fourth-order valence-electron chi connectivity index (χ4n) is 1.16. The Morgan fingerprint density at radius 1 is 1.42 bits per heavy atom. The van der Waals surface area contributed by atoms with Crippen molar-refractivity contribution < 1.29 is 19.5 Å². The first-order valence-electron chi connectivity index (χ1n) is 5.37. The van der Waals surface area contributed by atoms with Crippen LogP contribution in [0, 0.1) is 0 Å². The number of nitrogens with zero attached hydrogens (tertiary/aromatic N) is 1. The normalized spacial score (nSPS) is 9.74. The van der Waals surface area contributed by atoms with E-state index in [2.05, 4.69) is 15.6 Å². The zero-order valence-electron chi connectivity index (χ0n) is 10.2. The number of carboxylic acid groups (broad SMARTS) is 1. The minimum atomic E-state index is -1.06. The zero-order valence-corrected chi connectivity index (χ0v) is 11.0. The highest BCUT2D eigenvalue weighted by atomic mass is 32.2. The number of amides is 3. The van der Waals surface area contributed by atoms with Crippen molar-refractivity contribution in [3.05, 3.63) is 23.9 Å². The molecule has 0 saturated carbocycles. The van der Waals surface area contributed by atoms with E-state index >= 15 is 0 Å². The van der Waals surface area contributed by atoms with Crippen LogP contribution in [0.1, 0.15) is 16.8 Å². The van der Waals surface area contributed by atoms with Crippen molar-refractivity contribution in [2.24, 2.45) is 0 Å². The Bertz CT molecular complexity index is 493. The predicted molar refractivity (Wildman–Crippen MR) is 69.1 cm³/mol. The van der Waals surface area contributed by atoms with Crippen LogP contribution < -0.4 is 10.6 Å². The number of aromatic nitrogens is 1. The number of imide groups is 1. The fourth-order valence-corrected chi connectivity index (χ4v) is 2.09. The summed E-state index contributed by atoms with van der Waals surface area (Å²) in [5, 5.41) is 13.7. The molecule has 0 spiro atoms. The van der Waals surface area contributed by atoms with Crippen LogP contribution in [-0.2, 0) is 4.79 Å². The van der Waals surface area contributed by atoms with Gasteiger partial charge in [0.15, 0.2) is 0 Å². The van der Waals surface area contributed by atoms with E-state index in [0.717, 1.165) is 11.8 Å². The molecular formula is C11H13N3O4S. The summed E-state index contributed by atoms with van der Waals surface area (Å²) >= 11 is 1.15. The number of pyridine rings is 1. The molecule has 3 amide bonds. The lowest BCUT2D eigenvalue weighted by Crippen LogP contribution is -2.37. The third kappa shape index (κ3) is 4.96. The Hall–Kier alpha value is -2.09. The molecule has 0 fully saturated rings. The van der Waals surface area contributed by atoms with Gasteiger partial charge in [-0.3, -0.25) is 10.1 Å². The molecule has 3 N–H and O–H groups in total. The average Bonchev–Trinajstić information content (AvgIpc) is 2.38. The fraction of sp³-hybridized carbons (Fsp3) is 0.273. The number of thioether (sulfide) groups is 1. The Morgan fingerprint density at radius 3 is 2.79 bits per heavy atom. The topological polar surface area (TPSA) is 108 Å². The summed E-state index contributed by atoms with van der Waals surface area (Å²) < 4.78 is 0. The molecular weight excluding hydrogens is 270 g/mol. The lowest BCUT2D eigenvalue weighted by atomic mass is 10.3. The minimum absolute atomic E-state index is 0.0910. The molecule has 0 aliphatic heterocycles. The quantitative estimate of drug-likeness (QED) is 0.687. The number of urea groups is 1. The summed E-state index contributed by atoms with van der Waals surface area (Å²) in [6.07, 6.45) is 1.58. The molecule has 1 rings (SSSR count). The first kappa shape index (κ1) is 15.0. The summed E-state index contributed by atoms with van der Waals surface area (Å²) in [5.74, 6) is -1.16. The molecule has 7 nitrogen and oxygen atoms in total. The number of hydrogen-bond acceptors (Lipinski definition) is 5. The SMILES string of the molecule is CNC(=O)NC(=O)CCSc1ncccc1C(=O)O. The van der Waals surface area contributed by atoms with Crippen molar-refractivity contribution in [2.45, 2.75) is 11.4 Å². The Kier molecular flexibility index (Phi) is 5.80. The van der Waals surface area contributed by atoms with E-state index in [4.69, 9.17) is 5.11 Å². The van der Waals surface area contributed by atoms with Gasteiger partial charge in [0.25, 0.3) is 0 Å². The predicted octanol–water partition coefficient (Wildman–Crippen LogP) is 0.718. The van der Waals surface area contributed by atoms with Crippen molar-refractivity contribution >= 4 is 29.7 Å². The average molecular weight is 283 g/mol. The van der Waals surface area contributed by atoms with Gasteiger partial charge in [-0.25, -0.2) is 14.6 Å². The van der Waals surface area contributed by atoms with Crippen LogP contribution in [0.3, 0.4) is 0 Å². The molecule has 0 atom stereocenters. The van der Waals surface area contributed by atoms with E-state index < -0.39 is 17.9 Å². The highest BCUT2D eigenvalue weighted by Crippen LogP contribution is 2.20. The van der Waals surface area contributed by atoms with Gasteiger partial charge in [-0.05, 0) is 12.1 Å². The van der Waals surface area contributed by atoms with Gasteiger partial charge in [0.1, 0.15) is 5.03 Å². The molecule has 0 bridgehead atoms. The van der Waals surface area contributed by atoms with E-state index in [0.29, 0.717) is 10.8 Å². The smallest absolute Gasteiger partial charge is 0.338 e. The number of aromatic carboxylic acids is 1. The largest absolute Gasteiger partial charge is 0.478 e. The first-order chi connectivity index (χ1) is 9.04. The van der Waals surface area contributed by atoms with E-state index in [1.807, 2.05) is 0 Å². The molecule has 0 saturated heterocycles. The third-order valence-electron chi connectivity index (χ3n) is 2.05. The molecule has 1 aromatic rings. The van der Waals surface area contributed by atoms with Crippen molar-refractivity contribution in [1.29, 1.82) is 0 Å². The lowest BCUT2D eigenvalue weighted by molar-refractivity contribution is -0.119. The van der Waals surface area contributed by atoms with Gasteiger partial charge in [0, 0.05) is 25.4 Å². The molecule has 1 heterocycles. The van der Waals surface area contributed by atoms with Gasteiger partial charge in [-0.15, -0.1) is 11.8 Å². The maximum Gasteiger partial charge on any atom is 0.338 e. The first-order valence-corrected chi connectivity index (χ1v) is 6.36. The highest BCUT2D eigenvalue weighted by Gasteiger charge is 2.12. The summed E-state index contributed by atoms with van der Waals surface area (Å²) in [4.78, 5) is 37.0. The summed E-state index contributed by atoms with van der Waals surface area (Å²) in [6.45, 7) is 0. The highest BCUT2D eigenvalue weighted by molar-refractivity contribution is 7.99. The van der Waals surface area contributed by atoms with E-state index in [1.165, 1.54) is 25.4 Å².